The minimum atomic E-state index is -0.0763. The summed E-state index contributed by atoms with van der Waals surface area (Å²) in [6, 6.07) is 0. The molecule has 0 aliphatic rings. The van der Waals surface area contributed by atoms with Crippen molar-refractivity contribution in [3.05, 3.63) is 39.6 Å². The molecular formula is C16H20IN5O. The number of carbonyl (C=O) groups excluding carboxylic acids is 1. The molecule has 2 aromatic rings. The standard InChI is InChI=1S/C16H20IN5O/c1-11(2)15-13(17)9-22(3)16(15)20-5-4-14(23)21-8-12-6-18-10-19-7-12/h5-7,9-11H,4,8H2,1-3H3,(H,21,23). The Bertz CT molecular complexity index is 694. The van der Waals surface area contributed by atoms with Crippen molar-refractivity contribution >= 4 is 40.5 Å². The van der Waals surface area contributed by atoms with Crippen LogP contribution < -0.4 is 5.32 Å². The number of halogens is 1. The molecule has 23 heavy (non-hydrogen) atoms. The van der Waals surface area contributed by atoms with E-state index >= 15 is 0 Å². The molecule has 0 aromatic carbocycles. The number of carbonyl (C=O) groups is 1. The maximum atomic E-state index is 11.9. The van der Waals surface area contributed by atoms with E-state index in [0.717, 1.165) is 11.4 Å². The first-order chi connectivity index (χ1) is 11.0. The van der Waals surface area contributed by atoms with Crippen LogP contribution in [0.3, 0.4) is 0 Å². The first-order valence-electron chi connectivity index (χ1n) is 7.37. The summed E-state index contributed by atoms with van der Waals surface area (Å²) >= 11 is 2.32. The summed E-state index contributed by atoms with van der Waals surface area (Å²) in [7, 11) is 1.97. The molecule has 0 saturated carbocycles. The maximum Gasteiger partial charge on any atom is 0.225 e. The van der Waals surface area contributed by atoms with Gasteiger partial charge in [-0.05, 0) is 28.5 Å². The molecule has 6 nitrogen and oxygen atoms in total. The molecule has 0 aliphatic carbocycles. The van der Waals surface area contributed by atoms with Gasteiger partial charge in [-0.1, -0.05) is 13.8 Å². The van der Waals surface area contributed by atoms with Gasteiger partial charge in [0, 0.05) is 53.1 Å². The Morgan fingerprint density at radius 2 is 2.13 bits per heavy atom. The molecule has 0 aliphatic heterocycles. The molecule has 2 heterocycles. The summed E-state index contributed by atoms with van der Waals surface area (Å²) in [5, 5.41) is 2.82. The van der Waals surface area contributed by atoms with Crippen LogP contribution in [-0.2, 0) is 18.4 Å². The van der Waals surface area contributed by atoms with Gasteiger partial charge < -0.3 is 9.88 Å². The summed E-state index contributed by atoms with van der Waals surface area (Å²) in [4.78, 5) is 24.2. The third-order valence-corrected chi connectivity index (χ3v) is 4.17. The molecule has 0 unspecified atom stereocenters. The van der Waals surface area contributed by atoms with Crippen LogP contribution in [0.2, 0.25) is 0 Å². The number of aliphatic imine (C=N–C) groups is 1. The van der Waals surface area contributed by atoms with E-state index in [1.807, 2.05) is 11.6 Å². The second kappa shape index (κ2) is 8.19. The normalized spacial score (nSPS) is 11.3. The predicted molar refractivity (Wildman–Crippen MR) is 98.9 cm³/mol. The van der Waals surface area contributed by atoms with Crippen LogP contribution >= 0.6 is 22.6 Å². The largest absolute Gasteiger partial charge is 0.352 e. The fraction of sp³-hybridized carbons (Fsp3) is 0.375. The van der Waals surface area contributed by atoms with Crippen molar-refractivity contribution < 1.29 is 4.79 Å². The van der Waals surface area contributed by atoms with Gasteiger partial charge in [-0.15, -0.1) is 0 Å². The van der Waals surface area contributed by atoms with E-state index in [9.17, 15) is 4.79 Å². The monoisotopic (exact) mass is 425 g/mol. The molecule has 122 valence electrons. The van der Waals surface area contributed by atoms with Crippen LogP contribution in [0.5, 0.6) is 0 Å². The number of rotatable bonds is 6. The Kier molecular flexibility index (Phi) is 6.26. The number of hydrogen-bond acceptors (Lipinski definition) is 4. The van der Waals surface area contributed by atoms with Gasteiger partial charge >= 0.3 is 0 Å². The van der Waals surface area contributed by atoms with Gasteiger partial charge in [0.05, 0.1) is 6.42 Å². The molecule has 0 fully saturated rings. The quantitative estimate of drug-likeness (QED) is 0.572. The second-order valence-corrected chi connectivity index (χ2v) is 6.68. The average molecular weight is 425 g/mol. The van der Waals surface area contributed by atoms with Gasteiger partial charge in [0.25, 0.3) is 0 Å². The topological polar surface area (TPSA) is 72.2 Å². The SMILES string of the molecule is CC(C)c1c(I)cn(C)c1N=CCC(=O)NCc1cncnc1. The van der Waals surface area contributed by atoms with E-state index in [-0.39, 0.29) is 12.3 Å². The fourth-order valence-electron chi connectivity index (χ4n) is 2.20. The van der Waals surface area contributed by atoms with Crippen LogP contribution in [0, 0.1) is 3.57 Å². The Balaban J connectivity index is 1.93. The highest BCUT2D eigenvalue weighted by atomic mass is 127. The first kappa shape index (κ1) is 17.6. The highest BCUT2D eigenvalue weighted by Gasteiger charge is 2.14. The lowest BCUT2D eigenvalue weighted by Gasteiger charge is -2.06. The van der Waals surface area contributed by atoms with Crippen molar-refractivity contribution in [3.63, 3.8) is 0 Å². The Morgan fingerprint density at radius 3 is 2.78 bits per heavy atom. The minimum Gasteiger partial charge on any atom is -0.352 e. The lowest BCUT2D eigenvalue weighted by atomic mass is 10.1. The van der Waals surface area contributed by atoms with Crippen LogP contribution in [0.25, 0.3) is 0 Å². The van der Waals surface area contributed by atoms with Crippen molar-refractivity contribution in [3.8, 4) is 0 Å². The number of aryl methyl sites for hydroxylation is 1. The van der Waals surface area contributed by atoms with Crippen LogP contribution in [-0.4, -0.2) is 26.7 Å². The summed E-state index contributed by atoms with van der Waals surface area (Å²) in [6.07, 6.45) is 8.79. The van der Waals surface area contributed by atoms with Gasteiger partial charge in [0.1, 0.15) is 12.1 Å². The zero-order chi connectivity index (χ0) is 16.8. The molecular weight excluding hydrogens is 405 g/mol. The number of aromatic nitrogens is 3. The molecule has 0 atom stereocenters. The number of hydrogen-bond donors (Lipinski definition) is 1. The molecule has 0 bridgehead atoms. The molecule has 2 aromatic heterocycles. The Morgan fingerprint density at radius 1 is 1.43 bits per heavy atom. The third kappa shape index (κ3) is 4.85. The second-order valence-electron chi connectivity index (χ2n) is 5.52. The van der Waals surface area contributed by atoms with Crippen LogP contribution in [0.1, 0.15) is 37.3 Å². The minimum absolute atomic E-state index is 0.0763. The maximum absolute atomic E-state index is 11.9. The Hall–Kier alpha value is -1.77. The highest BCUT2D eigenvalue weighted by Crippen LogP contribution is 2.32. The van der Waals surface area contributed by atoms with Gasteiger partial charge in [0.15, 0.2) is 0 Å². The van der Waals surface area contributed by atoms with E-state index in [4.69, 9.17) is 0 Å². The Labute approximate surface area is 149 Å². The number of nitrogens with zero attached hydrogens (tertiary/aromatic N) is 4. The van der Waals surface area contributed by atoms with Crippen molar-refractivity contribution in [2.24, 2.45) is 12.0 Å². The van der Waals surface area contributed by atoms with Crippen molar-refractivity contribution in [1.82, 2.24) is 19.9 Å². The molecule has 0 spiro atoms. The summed E-state index contributed by atoms with van der Waals surface area (Å²) in [5.74, 6) is 1.23. The first-order valence-corrected chi connectivity index (χ1v) is 8.44. The molecule has 2 rings (SSSR count). The van der Waals surface area contributed by atoms with E-state index in [1.54, 1.807) is 18.6 Å². The van der Waals surface area contributed by atoms with E-state index in [2.05, 4.69) is 62.9 Å². The van der Waals surface area contributed by atoms with E-state index < -0.39 is 0 Å². The third-order valence-electron chi connectivity index (χ3n) is 3.31. The smallest absolute Gasteiger partial charge is 0.225 e. The summed E-state index contributed by atoms with van der Waals surface area (Å²) in [5.41, 5.74) is 2.09. The molecule has 0 radical (unpaired) electrons. The van der Waals surface area contributed by atoms with Crippen LogP contribution in [0.15, 0.2) is 29.9 Å². The van der Waals surface area contributed by atoms with Gasteiger partial charge in [0.2, 0.25) is 5.91 Å². The number of amides is 1. The molecule has 0 saturated heterocycles. The van der Waals surface area contributed by atoms with Gasteiger partial charge in [-0.2, -0.15) is 0 Å². The summed E-state index contributed by atoms with van der Waals surface area (Å²) < 4.78 is 3.19. The van der Waals surface area contributed by atoms with Gasteiger partial charge in [-0.3, -0.25) is 4.79 Å². The zero-order valence-electron chi connectivity index (χ0n) is 13.5. The lowest BCUT2D eigenvalue weighted by Crippen LogP contribution is -2.22. The highest BCUT2D eigenvalue weighted by molar-refractivity contribution is 14.1. The molecule has 7 heteroatoms. The van der Waals surface area contributed by atoms with E-state index in [0.29, 0.717) is 12.5 Å². The summed E-state index contributed by atoms with van der Waals surface area (Å²) in [6.45, 7) is 4.71. The fourth-order valence-corrected chi connectivity index (χ4v) is 3.48. The zero-order valence-corrected chi connectivity index (χ0v) is 15.6. The van der Waals surface area contributed by atoms with Crippen molar-refractivity contribution in [1.29, 1.82) is 0 Å². The predicted octanol–water partition coefficient (Wildman–Crippen LogP) is 2.95. The van der Waals surface area contributed by atoms with Gasteiger partial charge in [-0.25, -0.2) is 15.0 Å². The van der Waals surface area contributed by atoms with Crippen LogP contribution in [0.4, 0.5) is 5.82 Å². The lowest BCUT2D eigenvalue weighted by molar-refractivity contribution is -0.120. The van der Waals surface area contributed by atoms with Crippen molar-refractivity contribution in [2.45, 2.75) is 32.7 Å². The molecule has 1 amide bonds. The number of nitrogens with one attached hydrogen (secondary N) is 1. The molecule has 1 N–H and O–H groups in total. The van der Waals surface area contributed by atoms with Crippen molar-refractivity contribution in [2.75, 3.05) is 0 Å². The van der Waals surface area contributed by atoms with E-state index in [1.165, 1.54) is 15.5 Å². The average Bonchev–Trinajstić information content (AvgIpc) is 2.80.